The molecule has 2 unspecified atom stereocenters. The zero-order valence-electron chi connectivity index (χ0n) is 16.8. The molecule has 0 amide bonds. The largest absolute Gasteiger partial charge is 0.480 e. The fourth-order valence-electron chi connectivity index (χ4n) is 4.34. The number of carbonyl (C=O) groups is 1. The summed E-state index contributed by atoms with van der Waals surface area (Å²) in [6.45, 7) is 2.88. The van der Waals surface area contributed by atoms with Crippen LogP contribution in [0.2, 0.25) is 0 Å². The molecule has 0 spiro atoms. The van der Waals surface area contributed by atoms with E-state index in [0.717, 1.165) is 30.5 Å². The van der Waals surface area contributed by atoms with Crippen LogP contribution in [-0.4, -0.2) is 28.6 Å². The zero-order chi connectivity index (χ0) is 20.2. The fourth-order valence-corrected chi connectivity index (χ4v) is 4.34. The first-order valence-electron chi connectivity index (χ1n) is 10.3. The molecule has 1 N–H and O–H groups in total. The quantitative estimate of drug-likeness (QED) is 0.613. The highest BCUT2D eigenvalue weighted by atomic mass is 16.4. The van der Waals surface area contributed by atoms with E-state index >= 15 is 0 Å². The summed E-state index contributed by atoms with van der Waals surface area (Å²) in [5.74, 6) is -0.720. The summed E-state index contributed by atoms with van der Waals surface area (Å²) in [4.78, 5) is 14.2. The van der Waals surface area contributed by atoms with E-state index in [1.165, 1.54) is 16.7 Å². The predicted octanol–water partition coefficient (Wildman–Crippen LogP) is 5.69. The molecule has 1 saturated heterocycles. The summed E-state index contributed by atoms with van der Waals surface area (Å²) in [5.41, 5.74) is 5.86. The average molecular weight is 386 g/mol. The van der Waals surface area contributed by atoms with Crippen molar-refractivity contribution in [3.05, 3.63) is 95.6 Å². The Bertz CT molecular complexity index is 948. The molecule has 1 heterocycles. The molecule has 0 radical (unpaired) electrons. The number of carboxylic acids is 1. The van der Waals surface area contributed by atoms with Crippen LogP contribution in [0, 0.1) is 6.92 Å². The van der Waals surface area contributed by atoms with Gasteiger partial charge in [0.25, 0.3) is 0 Å². The predicted molar refractivity (Wildman–Crippen MR) is 117 cm³/mol. The van der Waals surface area contributed by atoms with Crippen LogP contribution in [-0.2, 0) is 4.79 Å². The van der Waals surface area contributed by atoms with Gasteiger partial charge in [-0.1, -0.05) is 90.8 Å². The Morgan fingerprint density at radius 3 is 2.07 bits per heavy atom. The standard InChI is InChI=1S/C26H27NO2/c1-19-10-12-22(13-11-19)25(27-18-6-5-9-24(27)26(28)29)23-16-14-21(15-17-23)20-7-3-2-4-8-20/h2-4,7-8,10-17,24-25H,5-6,9,18H2,1H3,(H,28,29). The molecule has 4 rings (SSSR count). The Morgan fingerprint density at radius 1 is 0.862 bits per heavy atom. The maximum Gasteiger partial charge on any atom is 0.320 e. The molecule has 3 aromatic rings. The summed E-state index contributed by atoms with van der Waals surface area (Å²) < 4.78 is 0. The lowest BCUT2D eigenvalue weighted by Gasteiger charge is -2.39. The van der Waals surface area contributed by atoms with Gasteiger partial charge >= 0.3 is 5.97 Å². The molecule has 3 heteroatoms. The number of piperidine rings is 1. The lowest BCUT2D eigenvalue weighted by Crippen LogP contribution is -2.46. The van der Waals surface area contributed by atoms with Gasteiger partial charge in [-0.25, -0.2) is 0 Å². The van der Waals surface area contributed by atoms with Crippen molar-refractivity contribution in [2.45, 2.75) is 38.3 Å². The monoisotopic (exact) mass is 385 g/mol. The minimum Gasteiger partial charge on any atom is -0.480 e. The van der Waals surface area contributed by atoms with Gasteiger partial charge < -0.3 is 5.11 Å². The van der Waals surface area contributed by atoms with Crippen molar-refractivity contribution in [3.8, 4) is 11.1 Å². The third kappa shape index (κ3) is 4.25. The van der Waals surface area contributed by atoms with Gasteiger partial charge in [0.1, 0.15) is 6.04 Å². The van der Waals surface area contributed by atoms with Crippen molar-refractivity contribution in [3.63, 3.8) is 0 Å². The van der Waals surface area contributed by atoms with Gasteiger partial charge in [0.05, 0.1) is 6.04 Å². The first-order chi connectivity index (χ1) is 14.1. The van der Waals surface area contributed by atoms with Crippen LogP contribution in [0.4, 0.5) is 0 Å². The van der Waals surface area contributed by atoms with Crippen LogP contribution in [0.3, 0.4) is 0 Å². The highest BCUT2D eigenvalue weighted by Crippen LogP contribution is 2.35. The highest BCUT2D eigenvalue weighted by molar-refractivity contribution is 5.74. The molecule has 3 aromatic carbocycles. The van der Waals surface area contributed by atoms with E-state index in [4.69, 9.17) is 0 Å². The number of carboxylic acid groups (broad SMARTS) is 1. The molecule has 0 aromatic heterocycles. The van der Waals surface area contributed by atoms with Crippen LogP contribution in [0.25, 0.3) is 11.1 Å². The third-order valence-electron chi connectivity index (χ3n) is 5.89. The maximum atomic E-state index is 12.0. The molecule has 1 fully saturated rings. The Morgan fingerprint density at radius 2 is 1.45 bits per heavy atom. The summed E-state index contributed by atoms with van der Waals surface area (Å²) in [6, 6.07) is 26.9. The minimum absolute atomic E-state index is 0.0539. The molecule has 0 bridgehead atoms. The number of benzene rings is 3. The molecule has 29 heavy (non-hydrogen) atoms. The minimum atomic E-state index is -0.720. The molecule has 148 valence electrons. The molecule has 1 aliphatic heterocycles. The number of hydrogen-bond acceptors (Lipinski definition) is 2. The van der Waals surface area contributed by atoms with Gasteiger partial charge in [0.2, 0.25) is 0 Å². The van der Waals surface area contributed by atoms with E-state index in [9.17, 15) is 9.90 Å². The summed E-state index contributed by atoms with van der Waals surface area (Å²) in [5, 5.41) is 9.85. The van der Waals surface area contributed by atoms with Gasteiger partial charge in [0.15, 0.2) is 0 Å². The highest BCUT2D eigenvalue weighted by Gasteiger charge is 2.35. The number of nitrogens with zero attached hydrogens (tertiary/aromatic N) is 1. The Labute approximate surface area is 172 Å². The molecule has 0 saturated carbocycles. The van der Waals surface area contributed by atoms with Crippen molar-refractivity contribution in [1.82, 2.24) is 4.90 Å². The summed E-state index contributed by atoms with van der Waals surface area (Å²) in [7, 11) is 0. The second-order valence-electron chi connectivity index (χ2n) is 7.89. The van der Waals surface area contributed by atoms with Crippen LogP contribution >= 0.6 is 0 Å². The van der Waals surface area contributed by atoms with Crippen molar-refractivity contribution in [2.24, 2.45) is 0 Å². The van der Waals surface area contributed by atoms with Crippen molar-refractivity contribution in [1.29, 1.82) is 0 Å². The lowest BCUT2D eigenvalue weighted by molar-refractivity contribution is -0.145. The third-order valence-corrected chi connectivity index (χ3v) is 5.89. The Balaban J connectivity index is 1.74. The molecule has 2 atom stereocenters. The van der Waals surface area contributed by atoms with E-state index in [1.54, 1.807) is 0 Å². The van der Waals surface area contributed by atoms with E-state index < -0.39 is 12.0 Å². The fraction of sp³-hybridized carbons (Fsp3) is 0.269. The van der Waals surface area contributed by atoms with Crippen LogP contribution in [0.5, 0.6) is 0 Å². The SMILES string of the molecule is Cc1ccc(C(c2ccc(-c3ccccc3)cc2)N2CCCCC2C(=O)O)cc1. The van der Waals surface area contributed by atoms with Gasteiger partial charge in [-0.15, -0.1) is 0 Å². The van der Waals surface area contributed by atoms with E-state index in [2.05, 4.69) is 72.5 Å². The molecule has 0 aliphatic carbocycles. The molecular weight excluding hydrogens is 358 g/mol. The average Bonchev–Trinajstić information content (AvgIpc) is 2.77. The summed E-state index contributed by atoms with van der Waals surface area (Å²) in [6.07, 6.45) is 2.72. The molecule has 1 aliphatic rings. The summed E-state index contributed by atoms with van der Waals surface area (Å²) >= 11 is 0. The van der Waals surface area contributed by atoms with Crippen molar-refractivity contribution in [2.75, 3.05) is 6.54 Å². The van der Waals surface area contributed by atoms with Gasteiger partial charge in [-0.3, -0.25) is 9.69 Å². The van der Waals surface area contributed by atoms with Gasteiger partial charge in [-0.2, -0.15) is 0 Å². The van der Waals surface area contributed by atoms with Gasteiger partial charge in [-0.05, 0) is 48.6 Å². The zero-order valence-corrected chi connectivity index (χ0v) is 16.8. The number of aliphatic carboxylic acids is 1. The van der Waals surface area contributed by atoms with E-state index in [0.29, 0.717) is 6.42 Å². The topological polar surface area (TPSA) is 40.5 Å². The Kier molecular flexibility index (Phi) is 5.77. The van der Waals surface area contributed by atoms with E-state index in [1.807, 2.05) is 18.2 Å². The number of hydrogen-bond donors (Lipinski definition) is 1. The first-order valence-corrected chi connectivity index (χ1v) is 10.3. The molecular formula is C26H27NO2. The van der Waals surface area contributed by atoms with Crippen LogP contribution in [0.1, 0.15) is 42.0 Å². The lowest BCUT2D eigenvalue weighted by atomic mass is 9.90. The number of aryl methyl sites for hydroxylation is 1. The van der Waals surface area contributed by atoms with Crippen LogP contribution in [0.15, 0.2) is 78.9 Å². The second-order valence-corrected chi connectivity index (χ2v) is 7.89. The Hall–Kier alpha value is -2.91. The number of rotatable bonds is 5. The maximum absolute atomic E-state index is 12.0. The molecule has 3 nitrogen and oxygen atoms in total. The second kappa shape index (κ2) is 8.62. The number of likely N-dealkylation sites (tertiary alicyclic amines) is 1. The normalized spacial score (nSPS) is 18.3. The smallest absolute Gasteiger partial charge is 0.320 e. The van der Waals surface area contributed by atoms with Crippen molar-refractivity contribution < 1.29 is 9.90 Å². The van der Waals surface area contributed by atoms with Gasteiger partial charge in [0, 0.05) is 0 Å². The van der Waals surface area contributed by atoms with Crippen LogP contribution < -0.4 is 0 Å². The first kappa shape index (κ1) is 19.4. The van der Waals surface area contributed by atoms with Crippen molar-refractivity contribution >= 4 is 5.97 Å². The van der Waals surface area contributed by atoms with E-state index in [-0.39, 0.29) is 6.04 Å².